The van der Waals surface area contributed by atoms with Gasteiger partial charge >= 0.3 is 0 Å². The number of rotatable bonds is 5. The Morgan fingerprint density at radius 1 is 0.509 bits per heavy atom. The first-order valence-electron chi connectivity index (χ1n) is 19.0. The molecule has 0 saturated heterocycles. The molecule has 5 heteroatoms. The van der Waals surface area contributed by atoms with Crippen molar-refractivity contribution in [1.29, 1.82) is 0 Å². The van der Waals surface area contributed by atoms with Crippen LogP contribution in [0.25, 0.3) is 85.6 Å². The molecule has 9 aromatic carbocycles. The van der Waals surface area contributed by atoms with Gasteiger partial charge in [-0.2, -0.15) is 0 Å². The fourth-order valence-electron chi connectivity index (χ4n) is 8.38. The van der Waals surface area contributed by atoms with Crippen LogP contribution >= 0.6 is 11.3 Å². The molecule has 11 rings (SSSR count). The van der Waals surface area contributed by atoms with Gasteiger partial charge in [0.15, 0.2) is 11.7 Å². The lowest BCUT2D eigenvalue weighted by molar-refractivity contribution is 0.669. The molecule has 0 bridgehead atoms. The number of aliphatic imine (C=N–C) groups is 3. The molecule has 11 aromatic rings. The summed E-state index contributed by atoms with van der Waals surface area (Å²) in [5, 5.41) is 11.9. The number of hydrogen-bond donors (Lipinski definition) is 0. The lowest BCUT2D eigenvalue weighted by atomic mass is 9.95. The smallest absolute Gasteiger partial charge is 0.161 e. The average molecular weight is 748 g/mol. The van der Waals surface area contributed by atoms with Gasteiger partial charge in [0, 0.05) is 42.1 Å². The molecule has 2 aromatic heterocycles. The van der Waals surface area contributed by atoms with Crippen LogP contribution in [-0.4, -0.2) is 18.4 Å². The third-order valence-corrected chi connectivity index (χ3v) is 12.2. The predicted molar refractivity (Wildman–Crippen MR) is 244 cm³/mol. The maximum atomic E-state index is 6.64. The number of furan rings is 1. The van der Waals surface area contributed by atoms with E-state index in [1.54, 1.807) is 0 Å². The third kappa shape index (κ3) is 5.63. The average Bonchev–Trinajstić information content (AvgIpc) is 3.85. The van der Waals surface area contributed by atoms with Crippen molar-refractivity contribution in [3.63, 3.8) is 0 Å². The van der Waals surface area contributed by atoms with Gasteiger partial charge in [-0.05, 0) is 92.1 Å². The zero-order valence-corrected chi connectivity index (χ0v) is 31.6. The standard InChI is InChI=1S/C52H33N3OS/c1-53-51(36-13-3-2-4-14-36)55-52(54-31-32-21-22-35-24-23-33-11-5-7-15-38(33)42(35)29-32)41-18-10-20-45-50(41)49-40(17-9-19-44(49)56-45)37-26-27-46-43(30-37)48-39-16-8-6-12-34(39)25-28-47(48)57-46/h2-30H,1,31H2/b54-52-,55-51-. The van der Waals surface area contributed by atoms with Gasteiger partial charge in [0.2, 0.25) is 0 Å². The maximum Gasteiger partial charge on any atom is 0.161 e. The van der Waals surface area contributed by atoms with Crippen LogP contribution in [0, 0.1) is 0 Å². The summed E-state index contributed by atoms with van der Waals surface area (Å²) in [7, 11) is 0. The third-order valence-electron chi connectivity index (χ3n) is 11.0. The van der Waals surface area contributed by atoms with E-state index in [1.165, 1.54) is 52.5 Å². The second kappa shape index (κ2) is 13.5. The highest BCUT2D eigenvalue weighted by atomic mass is 32.1. The summed E-state index contributed by atoms with van der Waals surface area (Å²) in [5.74, 6) is 1.07. The van der Waals surface area contributed by atoms with Crippen molar-refractivity contribution in [2.75, 3.05) is 0 Å². The lowest BCUT2D eigenvalue weighted by Gasteiger charge is -2.10. The number of fused-ring (bicyclic) bond motifs is 11. The van der Waals surface area contributed by atoms with E-state index in [0.29, 0.717) is 18.2 Å². The molecule has 0 aliphatic heterocycles. The Hall–Kier alpha value is -7.21. The number of thiophene rings is 1. The van der Waals surface area contributed by atoms with Crippen LogP contribution in [0.15, 0.2) is 195 Å². The highest BCUT2D eigenvalue weighted by molar-refractivity contribution is 7.26. The van der Waals surface area contributed by atoms with E-state index in [-0.39, 0.29) is 0 Å². The van der Waals surface area contributed by atoms with Crippen LogP contribution in [0.2, 0.25) is 0 Å². The topological polar surface area (TPSA) is 50.2 Å². The number of benzene rings is 9. The van der Waals surface area contributed by atoms with Gasteiger partial charge in [-0.3, -0.25) is 4.99 Å². The molecule has 0 radical (unpaired) electrons. The first-order valence-corrected chi connectivity index (χ1v) is 19.9. The van der Waals surface area contributed by atoms with Crippen molar-refractivity contribution in [1.82, 2.24) is 0 Å². The van der Waals surface area contributed by atoms with Crippen LogP contribution in [0.4, 0.5) is 0 Å². The van der Waals surface area contributed by atoms with E-state index < -0.39 is 0 Å². The quantitative estimate of drug-likeness (QED) is 0.0982. The number of hydrogen-bond acceptors (Lipinski definition) is 3. The van der Waals surface area contributed by atoms with Gasteiger partial charge in [0.05, 0.1) is 6.54 Å². The Morgan fingerprint density at radius 3 is 2.04 bits per heavy atom. The first kappa shape index (κ1) is 33.2. The van der Waals surface area contributed by atoms with E-state index in [2.05, 4.69) is 145 Å². The SMILES string of the molecule is C=N/C(=N\C(=N/Cc1ccc2ccc3ccccc3c2c1)c1cccc2oc3cccc(-c4ccc5sc6ccc7ccccc7c6c5c4)c3c12)c1ccccc1. The van der Waals surface area contributed by atoms with E-state index in [1.807, 2.05) is 53.8 Å². The Bertz CT molecular complexity index is 3460. The van der Waals surface area contributed by atoms with Crippen molar-refractivity contribution in [2.45, 2.75) is 6.54 Å². The molecular weight excluding hydrogens is 715 g/mol. The summed E-state index contributed by atoms with van der Waals surface area (Å²) in [5.41, 5.74) is 6.63. The summed E-state index contributed by atoms with van der Waals surface area (Å²) < 4.78 is 9.20. The van der Waals surface area contributed by atoms with Gasteiger partial charge in [0.1, 0.15) is 11.2 Å². The zero-order valence-electron chi connectivity index (χ0n) is 30.8. The molecule has 0 unspecified atom stereocenters. The van der Waals surface area contributed by atoms with Crippen molar-refractivity contribution in [3.8, 4) is 11.1 Å². The first-order chi connectivity index (χ1) is 28.2. The summed E-state index contributed by atoms with van der Waals surface area (Å²) in [6, 6.07) is 61.9. The van der Waals surface area contributed by atoms with Crippen molar-refractivity contribution in [3.05, 3.63) is 193 Å². The van der Waals surface area contributed by atoms with E-state index in [9.17, 15) is 0 Å². The molecule has 0 saturated carbocycles. The highest BCUT2D eigenvalue weighted by Gasteiger charge is 2.20. The minimum absolute atomic E-state index is 0.423. The van der Waals surface area contributed by atoms with Gasteiger partial charge < -0.3 is 4.42 Å². The van der Waals surface area contributed by atoms with E-state index in [0.717, 1.165) is 49.8 Å². The normalized spacial score (nSPS) is 12.6. The van der Waals surface area contributed by atoms with Gasteiger partial charge in [-0.1, -0.05) is 140 Å². The van der Waals surface area contributed by atoms with Crippen LogP contribution in [0.5, 0.6) is 0 Å². The van der Waals surface area contributed by atoms with Gasteiger partial charge in [-0.15, -0.1) is 11.3 Å². The zero-order chi connectivity index (χ0) is 37.9. The molecule has 0 atom stereocenters. The molecule has 57 heavy (non-hydrogen) atoms. The van der Waals surface area contributed by atoms with Crippen LogP contribution < -0.4 is 0 Å². The van der Waals surface area contributed by atoms with Crippen molar-refractivity contribution < 1.29 is 4.42 Å². The summed E-state index contributed by atoms with van der Waals surface area (Å²) in [4.78, 5) is 14.9. The number of nitrogens with zero attached hydrogens (tertiary/aromatic N) is 3. The monoisotopic (exact) mass is 747 g/mol. The second-order valence-corrected chi connectivity index (χ2v) is 15.5. The van der Waals surface area contributed by atoms with E-state index in [4.69, 9.17) is 14.4 Å². The minimum atomic E-state index is 0.423. The van der Waals surface area contributed by atoms with Crippen LogP contribution in [0.3, 0.4) is 0 Å². The van der Waals surface area contributed by atoms with Crippen molar-refractivity contribution in [2.24, 2.45) is 15.0 Å². The molecule has 0 N–H and O–H groups in total. The maximum absolute atomic E-state index is 6.64. The largest absolute Gasteiger partial charge is 0.456 e. The molecule has 268 valence electrons. The number of amidine groups is 2. The van der Waals surface area contributed by atoms with Crippen molar-refractivity contribution >= 4 is 104 Å². The minimum Gasteiger partial charge on any atom is -0.456 e. The molecular formula is C52H33N3OS. The van der Waals surface area contributed by atoms with Gasteiger partial charge in [0.25, 0.3) is 0 Å². The molecule has 4 nitrogen and oxygen atoms in total. The van der Waals surface area contributed by atoms with Crippen LogP contribution in [-0.2, 0) is 6.54 Å². The fourth-order valence-corrected chi connectivity index (χ4v) is 9.48. The Morgan fingerprint density at radius 2 is 1.19 bits per heavy atom. The Labute approximate surface area is 332 Å². The lowest BCUT2D eigenvalue weighted by Crippen LogP contribution is -2.06. The fraction of sp³-hybridized carbons (Fsp3) is 0.0192. The summed E-state index contributed by atoms with van der Waals surface area (Å²) in [6.45, 7) is 4.35. The highest BCUT2D eigenvalue weighted by Crippen LogP contribution is 2.43. The Balaban J connectivity index is 1.12. The Kier molecular flexibility index (Phi) is 7.86. The molecule has 0 fully saturated rings. The molecule has 0 amide bonds. The van der Waals surface area contributed by atoms with Crippen LogP contribution in [0.1, 0.15) is 16.7 Å². The summed E-state index contributed by atoms with van der Waals surface area (Å²) >= 11 is 1.84. The molecule has 0 aliphatic rings. The summed E-state index contributed by atoms with van der Waals surface area (Å²) in [6.07, 6.45) is 0. The van der Waals surface area contributed by atoms with E-state index >= 15 is 0 Å². The predicted octanol–water partition coefficient (Wildman–Crippen LogP) is 14.2. The molecule has 0 spiro atoms. The molecule has 2 heterocycles. The molecule has 0 aliphatic carbocycles. The van der Waals surface area contributed by atoms with Gasteiger partial charge in [-0.25, -0.2) is 9.98 Å². The second-order valence-electron chi connectivity index (χ2n) is 14.4.